The van der Waals surface area contributed by atoms with Crippen LogP contribution in [0.25, 0.3) is 0 Å². The maximum Gasteiger partial charge on any atom is 0.212 e. The summed E-state index contributed by atoms with van der Waals surface area (Å²) in [6.07, 6.45) is 0.551. The minimum Gasteiger partial charge on any atom is -0.313 e. The average Bonchev–Trinajstić information content (AvgIpc) is 2.55. The molecule has 108 valence electrons. The molecule has 1 atom stereocenters. The van der Waals surface area contributed by atoms with Crippen LogP contribution >= 0.6 is 0 Å². The lowest BCUT2D eigenvalue weighted by Gasteiger charge is -2.11. The highest BCUT2D eigenvalue weighted by Crippen LogP contribution is 2.17. The molecule has 0 aromatic rings. The second-order valence-corrected chi connectivity index (χ2v) is 9.20. The van der Waals surface area contributed by atoms with Crippen molar-refractivity contribution in [3.63, 3.8) is 0 Å². The first-order chi connectivity index (χ1) is 8.20. The van der Waals surface area contributed by atoms with Crippen molar-refractivity contribution in [1.82, 2.24) is 10.0 Å². The third-order valence-corrected chi connectivity index (χ3v) is 6.03. The lowest BCUT2D eigenvalue weighted by Crippen LogP contribution is -2.36. The van der Waals surface area contributed by atoms with Crippen LogP contribution in [0, 0.1) is 5.92 Å². The van der Waals surface area contributed by atoms with E-state index in [0.29, 0.717) is 13.0 Å². The van der Waals surface area contributed by atoms with Crippen molar-refractivity contribution in [3.8, 4) is 0 Å². The molecule has 0 amide bonds. The smallest absolute Gasteiger partial charge is 0.212 e. The Kier molecular flexibility index (Phi) is 5.57. The molecule has 1 rings (SSSR count). The number of nitrogens with one attached hydrogen (secondary N) is 2. The van der Waals surface area contributed by atoms with Gasteiger partial charge in [0, 0.05) is 19.1 Å². The van der Waals surface area contributed by atoms with Crippen molar-refractivity contribution < 1.29 is 16.8 Å². The summed E-state index contributed by atoms with van der Waals surface area (Å²) in [5, 5.41) is 3.03. The molecule has 1 aliphatic rings. The molecule has 1 heterocycles. The normalized spacial score (nSPS) is 23.6. The molecule has 2 N–H and O–H groups in total. The second kappa shape index (κ2) is 6.31. The summed E-state index contributed by atoms with van der Waals surface area (Å²) in [6, 6.07) is 0.250. The Morgan fingerprint density at radius 2 is 2.00 bits per heavy atom. The van der Waals surface area contributed by atoms with E-state index in [4.69, 9.17) is 0 Å². The molecule has 0 bridgehead atoms. The van der Waals surface area contributed by atoms with Gasteiger partial charge in [-0.2, -0.15) is 0 Å². The summed E-state index contributed by atoms with van der Waals surface area (Å²) < 4.78 is 48.2. The Morgan fingerprint density at radius 1 is 1.33 bits per heavy atom. The highest BCUT2D eigenvalue weighted by Gasteiger charge is 2.28. The van der Waals surface area contributed by atoms with Gasteiger partial charge in [0.15, 0.2) is 9.84 Å². The number of sulfonamides is 1. The Bertz CT molecular complexity index is 456. The zero-order chi connectivity index (χ0) is 13.8. The molecule has 0 aliphatic carbocycles. The van der Waals surface area contributed by atoms with E-state index >= 15 is 0 Å². The van der Waals surface area contributed by atoms with Crippen LogP contribution in [0.3, 0.4) is 0 Å². The molecule has 0 spiro atoms. The van der Waals surface area contributed by atoms with Crippen LogP contribution in [0.5, 0.6) is 0 Å². The maximum absolute atomic E-state index is 11.6. The Morgan fingerprint density at radius 3 is 2.50 bits per heavy atom. The van der Waals surface area contributed by atoms with Gasteiger partial charge in [-0.15, -0.1) is 0 Å². The number of hydrogen-bond acceptors (Lipinski definition) is 5. The van der Waals surface area contributed by atoms with Gasteiger partial charge in [0.05, 0.1) is 17.3 Å². The molecule has 1 fully saturated rings. The van der Waals surface area contributed by atoms with Gasteiger partial charge < -0.3 is 5.32 Å². The molecule has 18 heavy (non-hydrogen) atoms. The van der Waals surface area contributed by atoms with Crippen molar-refractivity contribution in [1.29, 1.82) is 0 Å². The first kappa shape index (κ1) is 15.9. The minimum atomic E-state index is -3.31. The highest BCUT2D eigenvalue weighted by molar-refractivity contribution is 7.91. The largest absolute Gasteiger partial charge is 0.313 e. The Balaban J connectivity index is 2.30. The minimum absolute atomic E-state index is 0.0185. The van der Waals surface area contributed by atoms with Gasteiger partial charge in [0.25, 0.3) is 0 Å². The molecule has 1 aliphatic heterocycles. The van der Waals surface area contributed by atoms with E-state index in [9.17, 15) is 16.8 Å². The second-order valence-electron chi connectivity index (χ2n) is 5.05. The lowest BCUT2D eigenvalue weighted by molar-refractivity contribution is 0.537. The van der Waals surface area contributed by atoms with Crippen LogP contribution in [-0.4, -0.2) is 53.2 Å². The van der Waals surface area contributed by atoms with E-state index in [2.05, 4.69) is 10.0 Å². The third-order valence-electron chi connectivity index (χ3n) is 2.84. The van der Waals surface area contributed by atoms with Gasteiger partial charge >= 0.3 is 0 Å². The SMILES string of the molecule is CC(C)NCCS(=O)(=O)NCC1CCS(=O)(=O)C1. The third kappa shape index (κ3) is 6.12. The van der Waals surface area contributed by atoms with Gasteiger partial charge in [-0.3, -0.25) is 0 Å². The maximum atomic E-state index is 11.6. The van der Waals surface area contributed by atoms with Crippen LogP contribution in [-0.2, 0) is 19.9 Å². The van der Waals surface area contributed by atoms with Crippen molar-refractivity contribution in [2.45, 2.75) is 26.3 Å². The van der Waals surface area contributed by atoms with Crippen molar-refractivity contribution in [3.05, 3.63) is 0 Å². The topological polar surface area (TPSA) is 92.3 Å². The predicted molar refractivity (Wildman–Crippen MR) is 71.7 cm³/mol. The Labute approximate surface area is 110 Å². The summed E-state index contributed by atoms with van der Waals surface area (Å²) in [7, 11) is -6.25. The first-order valence-corrected chi connectivity index (χ1v) is 9.59. The zero-order valence-corrected chi connectivity index (χ0v) is 12.5. The van der Waals surface area contributed by atoms with Crippen LogP contribution in [0.2, 0.25) is 0 Å². The number of sulfone groups is 1. The summed E-state index contributed by atoms with van der Waals surface area (Å²) in [5.74, 6) is 0.210. The summed E-state index contributed by atoms with van der Waals surface area (Å²) >= 11 is 0. The average molecular weight is 298 g/mol. The van der Waals surface area contributed by atoms with Gasteiger partial charge in [-0.1, -0.05) is 13.8 Å². The molecule has 8 heteroatoms. The van der Waals surface area contributed by atoms with Crippen LogP contribution < -0.4 is 10.0 Å². The van der Waals surface area contributed by atoms with E-state index < -0.39 is 19.9 Å². The zero-order valence-electron chi connectivity index (χ0n) is 10.8. The fraction of sp³-hybridized carbons (Fsp3) is 1.00. The van der Waals surface area contributed by atoms with Crippen LogP contribution in [0.15, 0.2) is 0 Å². The van der Waals surface area contributed by atoms with Crippen LogP contribution in [0.4, 0.5) is 0 Å². The van der Waals surface area contributed by atoms with Gasteiger partial charge in [-0.25, -0.2) is 21.6 Å². The summed E-state index contributed by atoms with van der Waals surface area (Å²) in [5.41, 5.74) is 0. The van der Waals surface area contributed by atoms with E-state index in [1.807, 2.05) is 13.8 Å². The molecule has 0 radical (unpaired) electrons. The lowest BCUT2D eigenvalue weighted by atomic mass is 10.1. The van der Waals surface area contributed by atoms with Gasteiger partial charge in [0.2, 0.25) is 10.0 Å². The quantitative estimate of drug-likeness (QED) is 0.651. The van der Waals surface area contributed by atoms with E-state index in [-0.39, 0.29) is 35.8 Å². The molecule has 0 aromatic heterocycles. The monoisotopic (exact) mass is 298 g/mol. The van der Waals surface area contributed by atoms with E-state index in [0.717, 1.165) is 0 Å². The summed E-state index contributed by atoms with van der Waals surface area (Å²) in [4.78, 5) is 0. The molecule has 6 nitrogen and oxygen atoms in total. The fourth-order valence-electron chi connectivity index (χ4n) is 1.83. The van der Waals surface area contributed by atoms with E-state index in [1.165, 1.54) is 0 Å². The van der Waals surface area contributed by atoms with Crippen molar-refractivity contribution in [2.24, 2.45) is 5.92 Å². The van der Waals surface area contributed by atoms with Crippen molar-refractivity contribution in [2.75, 3.05) is 30.3 Å². The molecule has 1 saturated heterocycles. The standard InChI is InChI=1S/C10H22N2O4S2/c1-9(2)11-4-6-18(15,16)12-7-10-3-5-17(13,14)8-10/h9-12H,3-8H2,1-2H3. The van der Waals surface area contributed by atoms with E-state index in [1.54, 1.807) is 0 Å². The van der Waals surface area contributed by atoms with Gasteiger partial charge in [-0.05, 0) is 12.3 Å². The number of hydrogen-bond donors (Lipinski definition) is 2. The summed E-state index contributed by atoms with van der Waals surface area (Å²) in [6.45, 7) is 4.52. The fourth-order valence-corrected chi connectivity index (χ4v) is 4.71. The molecule has 0 saturated carbocycles. The number of rotatable bonds is 7. The molecular formula is C10H22N2O4S2. The van der Waals surface area contributed by atoms with Crippen LogP contribution in [0.1, 0.15) is 20.3 Å². The molecule has 0 aromatic carbocycles. The van der Waals surface area contributed by atoms with Gasteiger partial charge in [0.1, 0.15) is 0 Å². The predicted octanol–water partition coefficient (Wildman–Crippen LogP) is -0.661. The molecule has 1 unspecified atom stereocenters. The molecular weight excluding hydrogens is 276 g/mol. The Hall–Kier alpha value is -0.180. The first-order valence-electron chi connectivity index (χ1n) is 6.11. The van der Waals surface area contributed by atoms with Crippen molar-refractivity contribution >= 4 is 19.9 Å². The highest BCUT2D eigenvalue weighted by atomic mass is 32.2.